The van der Waals surface area contributed by atoms with E-state index in [9.17, 15) is 32.3 Å². The number of hydrogen-bond acceptors (Lipinski definition) is 8. The lowest BCUT2D eigenvalue weighted by molar-refractivity contribution is -0.137. The molecule has 0 spiro atoms. The summed E-state index contributed by atoms with van der Waals surface area (Å²) in [6, 6.07) is 16.4. The molecule has 0 bridgehead atoms. The number of thiazole rings is 1. The molecular formula is C32H26F3N3O6S2. The molecule has 3 amide bonds. The maximum Gasteiger partial charge on any atom is 0.418 e. The summed E-state index contributed by atoms with van der Waals surface area (Å²) >= 11 is 1.73. The van der Waals surface area contributed by atoms with Crippen LogP contribution in [0.3, 0.4) is 0 Å². The molecule has 9 nitrogen and oxygen atoms in total. The fourth-order valence-electron chi connectivity index (χ4n) is 5.85. The third-order valence-corrected chi connectivity index (χ3v) is 10.6. The number of amides is 3. The van der Waals surface area contributed by atoms with Gasteiger partial charge in [0.15, 0.2) is 11.5 Å². The van der Waals surface area contributed by atoms with Gasteiger partial charge in [0, 0.05) is 16.5 Å². The third-order valence-electron chi connectivity index (χ3n) is 7.99. The number of benzene rings is 3. The monoisotopic (exact) mass is 669 g/mol. The Bertz CT molecular complexity index is 1940. The van der Waals surface area contributed by atoms with Gasteiger partial charge in [-0.05, 0) is 48.4 Å². The summed E-state index contributed by atoms with van der Waals surface area (Å²) in [5.74, 6) is -3.53. The van der Waals surface area contributed by atoms with E-state index in [1.165, 1.54) is 30.9 Å². The van der Waals surface area contributed by atoms with Crippen molar-refractivity contribution in [3.63, 3.8) is 0 Å². The first-order chi connectivity index (χ1) is 21.9. The number of anilines is 2. The van der Waals surface area contributed by atoms with E-state index in [4.69, 9.17) is 9.47 Å². The quantitative estimate of drug-likeness (QED) is 0.252. The highest BCUT2D eigenvalue weighted by atomic mass is 32.2. The van der Waals surface area contributed by atoms with Gasteiger partial charge in [0.25, 0.3) is 0 Å². The highest BCUT2D eigenvalue weighted by molar-refractivity contribution is 8.00. The largest absolute Gasteiger partial charge is 0.493 e. The number of rotatable bonds is 7. The minimum atomic E-state index is -4.83. The van der Waals surface area contributed by atoms with Gasteiger partial charge in [0.2, 0.25) is 17.7 Å². The van der Waals surface area contributed by atoms with Gasteiger partial charge >= 0.3 is 11.0 Å². The Morgan fingerprint density at radius 1 is 0.935 bits per heavy atom. The van der Waals surface area contributed by atoms with Crippen molar-refractivity contribution in [2.45, 2.75) is 35.8 Å². The number of hydrogen-bond donors (Lipinski definition) is 1. The molecule has 0 saturated carbocycles. The van der Waals surface area contributed by atoms with E-state index in [1.54, 1.807) is 30.3 Å². The average Bonchev–Trinajstić information content (AvgIpc) is 3.47. The zero-order valence-corrected chi connectivity index (χ0v) is 26.2. The van der Waals surface area contributed by atoms with Gasteiger partial charge in [0.1, 0.15) is 11.8 Å². The molecule has 3 atom stereocenters. The zero-order valence-electron chi connectivity index (χ0n) is 24.6. The zero-order chi connectivity index (χ0) is 32.9. The maximum atomic E-state index is 14.1. The molecule has 0 radical (unpaired) electrons. The van der Waals surface area contributed by atoms with Crippen LogP contribution in [0.4, 0.5) is 24.5 Å². The molecule has 2 unspecified atom stereocenters. The minimum absolute atomic E-state index is 0.295. The first-order valence-electron chi connectivity index (χ1n) is 14.0. The van der Waals surface area contributed by atoms with Gasteiger partial charge in [-0.15, -0.1) is 0 Å². The Labute approximate surface area is 268 Å². The van der Waals surface area contributed by atoms with Gasteiger partial charge in [-0.3, -0.25) is 23.7 Å². The second-order valence-electron chi connectivity index (χ2n) is 10.7. The normalized spacial score (nSPS) is 19.1. The molecule has 14 heteroatoms. The Hall–Kier alpha value is -4.56. The van der Waals surface area contributed by atoms with Crippen molar-refractivity contribution in [2.75, 3.05) is 24.4 Å². The van der Waals surface area contributed by atoms with Crippen molar-refractivity contribution in [3.8, 4) is 11.5 Å². The average molecular weight is 670 g/mol. The molecule has 1 fully saturated rings. The number of aryl methyl sites for hydroxylation is 1. The summed E-state index contributed by atoms with van der Waals surface area (Å²) in [6.45, 7) is 1.44. The minimum Gasteiger partial charge on any atom is -0.493 e. The number of nitrogens with one attached hydrogen (secondary N) is 1. The predicted octanol–water partition coefficient (Wildman–Crippen LogP) is 5.69. The van der Waals surface area contributed by atoms with Crippen LogP contribution in [0.5, 0.6) is 11.5 Å². The molecule has 238 valence electrons. The highest BCUT2D eigenvalue weighted by Gasteiger charge is 2.58. The van der Waals surface area contributed by atoms with Gasteiger partial charge in [-0.1, -0.05) is 59.5 Å². The van der Waals surface area contributed by atoms with Crippen LogP contribution < -0.4 is 24.6 Å². The second kappa shape index (κ2) is 12.0. The van der Waals surface area contributed by atoms with E-state index in [2.05, 4.69) is 5.32 Å². The number of imide groups is 1. The van der Waals surface area contributed by atoms with Crippen LogP contribution in [-0.4, -0.2) is 41.8 Å². The number of methoxy groups -OCH3 is 2. The molecule has 6 rings (SSSR count). The van der Waals surface area contributed by atoms with Crippen molar-refractivity contribution in [1.82, 2.24) is 4.57 Å². The number of fused-ring (bicyclic) bond motifs is 2. The van der Waals surface area contributed by atoms with Crippen LogP contribution in [0.25, 0.3) is 0 Å². The third kappa shape index (κ3) is 5.34. The molecule has 3 aromatic carbocycles. The number of alkyl halides is 3. The van der Waals surface area contributed by atoms with E-state index in [0.29, 0.717) is 37.6 Å². The van der Waals surface area contributed by atoms with Crippen molar-refractivity contribution in [2.24, 2.45) is 5.92 Å². The van der Waals surface area contributed by atoms with Gasteiger partial charge < -0.3 is 14.8 Å². The molecule has 2 aliphatic heterocycles. The summed E-state index contributed by atoms with van der Waals surface area (Å²) in [7, 11) is 2.88. The predicted molar refractivity (Wildman–Crippen MR) is 167 cm³/mol. The summed E-state index contributed by atoms with van der Waals surface area (Å²) < 4.78 is 54.2. The number of nitrogens with zero attached hydrogens (tertiary/aromatic N) is 2. The number of para-hydroxylation sites is 2. The standard InChI is InChI=1S/C32H26F3N3O6S2/c1-16-8-4-6-10-19(16)36-23(39)15-37-30-27(46-31(37)42)24(17-12-13-21(43-2)22(14-17)44-3)25-26(45-30)29(41)38(28(25)40)20-11-7-5-9-18(20)32(33,34)35/h4-14,24-26H,15H2,1-3H3,(H,36,39)/t24-,25?,26?/m1/s1. The van der Waals surface area contributed by atoms with E-state index < -0.39 is 57.1 Å². The fraction of sp³-hybridized carbons (Fsp3) is 0.250. The lowest BCUT2D eigenvalue weighted by atomic mass is 9.83. The van der Waals surface area contributed by atoms with Gasteiger partial charge in [-0.25, -0.2) is 4.90 Å². The highest BCUT2D eigenvalue weighted by Crippen LogP contribution is 2.55. The van der Waals surface area contributed by atoms with Crippen LogP contribution in [0.2, 0.25) is 0 Å². The van der Waals surface area contributed by atoms with Crippen LogP contribution in [-0.2, 0) is 27.1 Å². The van der Waals surface area contributed by atoms with E-state index in [0.717, 1.165) is 40.8 Å². The molecule has 0 aliphatic carbocycles. The molecule has 46 heavy (non-hydrogen) atoms. The number of carbonyl (C=O) groups excluding carboxylic acids is 3. The summed E-state index contributed by atoms with van der Waals surface area (Å²) in [6.07, 6.45) is -4.83. The van der Waals surface area contributed by atoms with Crippen LogP contribution >= 0.6 is 23.1 Å². The number of ether oxygens (including phenoxy) is 2. The summed E-state index contributed by atoms with van der Waals surface area (Å²) in [4.78, 5) is 55.2. The molecular weight excluding hydrogens is 643 g/mol. The van der Waals surface area contributed by atoms with E-state index in [-0.39, 0.29) is 6.54 Å². The first kappa shape index (κ1) is 31.4. The Kier molecular flexibility index (Phi) is 8.19. The Morgan fingerprint density at radius 2 is 1.63 bits per heavy atom. The topological polar surface area (TPSA) is 107 Å². The van der Waals surface area contributed by atoms with E-state index >= 15 is 0 Å². The molecule has 4 aromatic rings. The van der Waals surface area contributed by atoms with Crippen molar-refractivity contribution in [3.05, 3.63) is 98.0 Å². The van der Waals surface area contributed by atoms with Crippen LogP contribution in [0.15, 0.2) is 76.6 Å². The van der Waals surface area contributed by atoms with Crippen molar-refractivity contribution in [1.29, 1.82) is 0 Å². The number of halogens is 3. The van der Waals surface area contributed by atoms with Gasteiger partial charge in [0.05, 0.1) is 36.4 Å². The molecule has 2 aliphatic rings. The summed E-state index contributed by atoms with van der Waals surface area (Å²) in [5, 5.41) is 1.91. The molecule has 1 N–H and O–H groups in total. The molecule has 3 heterocycles. The first-order valence-corrected chi connectivity index (χ1v) is 15.7. The van der Waals surface area contributed by atoms with Gasteiger partial charge in [-0.2, -0.15) is 13.2 Å². The SMILES string of the molecule is COc1ccc([C@H]2c3sc(=O)n(CC(=O)Nc4ccccc4C)c3SC3C(=O)N(c4ccccc4C(F)(F)F)C(=O)C32)cc1OC. The summed E-state index contributed by atoms with van der Waals surface area (Å²) in [5.41, 5.74) is 0.178. The second-order valence-corrected chi connectivity index (χ2v) is 12.8. The number of carbonyl (C=O) groups is 3. The molecule has 1 saturated heterocycles. The lowest BCUT2D eigenvalue weighted by Gasteiger charge is -2.31. The number of thioether (sulfide) groups is 1. The lowest BCUT2D eigenvalue weighted by Crippen LogP contribution is -2.33. The van der Waals surface area contributed by atoms with Crippen molar-refractivity contribution < 1.29 is 37.0 Å². The maximum absolute atomic E-state index is 14.1. The van der Waals surface area contributed by atoms with Crippen LogP contribution in [0.1, 0.15) is 27.5 Å². The van der Waals surface area contributed by atoms with E-state index in [1.807, 2.05) is 19.1 Å². The smallest absolute Gasteiger partial charge is 0.418 e. The van der Waals surface area contributed by atoms with Crippen LogP contribution in [0, 0.1) is 12.8 Å². The van der Waals surface area contributed by atoms with Crippen molar-refractivity contribution >= 4 is 52.2 Å². The Balaban J connectivity index is 1.47. The fourth-order valence-corrected chi connectivity index (χ4v) is 8.63. The molecule has 1 aromatic heterocycles. The number of aromatic nitrogens is 1. The Morgan fingerprint density at radius 3 is 2.33 bits per heavy atom.